The fourth-order valence-corrected chi connectivity index (χ4v) is 2.88. The molecule has 0 spiro atoms. The van der Waals surface area contributed by atoms with Crippen LogP contribution in [-0.4, -0.2) is 9.89 Å². The minimum Gasteiger partial charge on any atom is -0.437 e. The zero-order valence-corrected chi connectivity index (χ0v) is 16.5. The van der Waals surface area contributed by atoms with Gasteiger partial charge in [0.15, 0.2) is 6.10 Å². The summed E-state index contributed by atoms with van der Waals surface area (Å²) in [5, 5.41) is 2.74. The van der Waals surface area contributed by atoms with Crippen molar-refractivity contribution in [2.24, 2.45) is 0 Å². The van der Waals surface area contributed by atoms with Crippen molar-refractivity contribution >= 4 is 56.8 Å². The van der Waals surface area contributed by atoms with Crippen molar-refractivity contribution < 1.29 is 9.53 Å². The highest BCUT2D eigenvalue weighted by Crippen LogP contribution is 2.42. The normalized spacial score (nSPS) is 13.9. The molecule has 0 saturated carbocycles. The van der Waals surface area contributed by atoms with Gasteiger partial charge in [0.2, 0.25) is 3.79 Å². The van der Waals surface area contributed by atoms with Gasteiger partial charge in [-0.3, -0.25) is 0 Å². The van der Waals surface area contributed by atoms with Crippen LogP contribution in [-0.2, 0) is 4.74 Å². The number of alkyl carbamates (subject to hydrolysis) is 1. The molecule has 2 aromatic carbocycles. The van der Waals surface area contributed by atoms with E-state index in [0.717, 1.165) is 10.0 Å². The van der Waals surface area contributed by atoms with Gasteiger partial charge in [-0.2, -0.15) is 0 Å². The lowest BCUT2D eigenvalue weighted by molar-refractivity contribution is 0.0966. The molecule has 0 radical (unpaired) electrons. The van der Waals surface area contributed by atoms with Gasteiger partial charge in [0, 0.05) is 4.47 Å². The predicted molar refractivity (Wildman–Crippen MR) is 102 cm³/mol. The molecule has 24 heavy (non-hydrogen) atoms. The van der Waals surface area contributed by atoms with Gasteiger partial charge >= 0.3 is 6.09 Å². The van der Waals surface area contributed by atoms with Crippen LogP contribution in [0.3, 0.4) is 0 Å². The van der Waals surface area contributed by atoms with Crippen molar-refractivity contribution in [2.75, 3.05) is 0 Å². The Hall–Kier alpha value is -0.940. The summed E-state index contributed by atoms with van der Waals surface area (Å²) >= 11 is 21.3. The van der Waals surface area contributed by atoms with Crippen LogP contribution in [0, 0.1) is 0 Å². The molecule has 0 bridgehead atoms. The lowest BCUT2D eigenvalue weighted by atomic mass is 10.1. The Morgan fingerprint density at radius 1 is 1.04 bits per heavy atom. The number of alkyl halides is 3. The molecule has 0 aromatic heterocycles. The van der Waals surface area contributed by atoms with Crippen LogP contribution < -0.4 is 5.32 Å². The van der Waals surface area contributed by atoms with Gasteiger partial charge in [-0.25, -0.2) is 4.79 Å². The maximum atomic E-state index is 12.2. The van der Waals surface area contributed by atoms with Crippen molar-refractivity contribution in [3.8, 4) is 0 Å². The number of carbonyl (C=O) groups is 1. The molecule has 128 valence electrons. The van der Waals surface area contributed by atoms with Crippen molar-refractivity contribution in [3.05, 3.63) is 70.2 Å². The minimum absolute atomic E-state index is 0.252. The fourth-order valence-electron chi connectivity index (χ4n) is 2.10. The Balaban J connectivity index is 2.07. The van der Waals surface area contributed by atoms with E-state index in [1.54, 1.807) is 24.3 Å². The number of halogens is 4. The smallest absolute Gasteiger partial charge is 0.408 e. The molecule has 0 heterocycles. The van der Waals surface area contributed by atoms with E-state index >= 15 is 0 Å². The summed E-state index contributed by atoms with van der Waals surface area (Å²) in [6.45, 7) is 1.84. The van der Waals surface area contributed by atoms with Crippen LogP contribution in [0.15, 0.2) is 59.1 Å². The summed E-state index contributed by atoms with van der Waals surface area (Å²) in [5.41, 5.74) is 1.53. The first kappa shape index (κ1) is 19.4. The summed E-state index contributed by atoms with van der Waals surface area (Å²) in [7, 11) is 0. The van der Waals surface area contributed by atoms with Crippen molar-refractivity contribution in [3.63, 3.8) is 0 Å². The molecule has 7 heteroatoms. The zero-order valence-electron chi connectivity index (χ0n) is 12.7. The molecule has 0 aliphatic heterocycles. The van der Waals surface area contributed by atoms with Gasteiger partial charge in [0.25, 0.3) is 0 Å². The molecular formula is C17H15BrCl3NO2. The number of nitrogens with one attached hydrogen (secondary N) is 1. The fraction of sp³-hybridized carbons (Fsp3) is 0.235. The maximum absolute atomic E-state index is 12.2. The van der Waals surface area contributed by atoms with E-state index in [2.05, 4.69) is 21.2 Å². The van der Waals surface area contributed by atoms with E-state index in [-0.39, 0.29) is 6.04 Å². The number of rotatable bonds is 4. The molecule has 2 rings (SSSR count). The first-order valence-electron chi connectivity index (χ1n) is 7.11. The van der Waals surface area contributed by atoms with Gasteiger partial charge in [0.1, 0.15) is 0 Å². The van der Waals surface area contributed by atoms with Crippen LogP contribution >= 0.6 is 50.7 Å². The molecule has 0 saturated heterocycles. The van der Waals surface area contributed by atoms with Gasteiger partial charge in [0.05, 0.1) is 6.04 Å². The molecule has 2 atom stereocenters. The third-order valence-corrected chi connectivity index (χ3v) is 4.45. The average Bonchev–Trinajstić information content (AvgIpc) is 2.53. The SMILES string of the molecule is C[C@@H](NC(=O)O[C@H](c1ccccc1)C(Cl)(Cl)Cl)c1ccc(Br)cc1. The Labute approximate surface area is 164 Å². The minimum atomic E-state index is -1.78. The number of ether oxygens (including phenoxy) is 1. The summed E-state index contributed by atoms with van der Waals surface area (Å²) in [4.78, 5) is 12.2. The first-order valence-corrected chi connectivity index (χ1v) is 9.04. The number of benzene rings is 2. The topological polar surface area (TPSA) is 38.3 Å². The summed E-state index contributed by atoms with van der Waals surface area (Å²) in [6, 6.07) is 16.2. The van der Waals surface area contributed by atoms with E-state index in [9.17, 15) is 4.79 Å². The van der Waals surface area contributed by atoms with Crippen molar-refractivity contribution in [1.82, 2.24) is 5.32 Å². The van der Waals surface area contributed by atoms with Crippen LogP contribution in [0.4, 0.5) is 4.79 Å². The summed E-state index contributed by atoms with van der Waals surface area (Å²) < 4.78 is 4.54. The van der Waals surface area contributed by atoms with Crippen LogP contribution in [0.2, 0.25) is 0 Å². The number of hydrogen-bond acceptors (Lipinski definition) is 2. The number of carbonyl (C=O) groups excluding carboxylic acids is 1. The quantitative estimate of drug-likeness (QED) is 0.550. The third kappa shape index (κ3) is 5.55. The highest BCUT2D eigenvalue weighted by molar-refractivity contribution is 9.10. The maximum Gasteiger partial charge on any atom is 0.408 e. The van der Waals surface area contributed by atoms with E-state index in [1.807, 2.05) is 37.3 Å². The summed E-state index contributed by atoms with van der Waals surface area (Å²) in [6.07, 6.45) is -1.67. The lowest BCUT2D eigenvalue weighted by Gasteiger charge is -2.26. The largest absolute Gasteiger partial charge is 0.437 e. The molecule has 1 N–H and O–H groups in total. The Morgan fingerprint density at radius 3 is 2.17 bits per heavy atom. The Bertz CT molecular complexity index is 674. The van der Waals surface area contributed by atoms with E-state index in [4.69, 9.17) is 39.5 Å². The molecule has 1 amide bonds. The zero-order chi connectivity index (χ0) is 17.7. The van der Waals surface area contributed by atoms with E-state index in [0.29, 0.717) is 5.56 Å². The van der Waals surface area contributed by atoms with Crippen LogP contribution in [0.1, 0.15) is 30.2 Å². The van der Waals surface area contributed by atoms with Crippen LogP contribution in [0.5, 0.6) is 0 Å². The second-order valence-corrected chi connectivity index (χ2v) is 8.44. The molecule has 0 unspecified atom stereocenters. The highest BCUT2D eigenvalue weighted by atomic mass is 79.9. The van der Waals surface area contributed by atoms with Crippen molar-refractivity contribution in [2.45, 2.75) is 22.9 Å². The molecule has 0 aliphatic rings. The van der Waals surface area contributed by atoms with Gasteiger partial charge < -0.3 is 10.1 Å². The standard InChI is InChI=1S/C17H15BrCl3NO2/c1-11(12-7-9-14(18)10-8-12)22-16(23)24-15(17(19,20)21)13-5-3-2-4-6-13/h2-11,15H,1H3,(H,22,23)/t11-,15-/m1/s1. The number of hydrogen-bond donors (Lipinski definition) is 1. The van der Waals surface area contributed by atoms with Crippen LogP contribution in [0.25, 0.3) is 0 Å². The van der Waals surface area contributed by atoms with E-state index in [1.165, 1.54) is 0 Å². The Morgan fingerprint density at radius 2 is 1.62 bits per heavy atom. The Kier molecular flexibility index (Phi) is 6.81. The lowest BCUT2D eigenvalue weighted by Crippen LogP contribution is -2.32. The summed E-state index contributed by atoms with van der Waals surface area (Å²) in [5.74, 6) is 0. The molecule has 3 nitrogen and oxygen atoms in total. The second kappa shape index (κ2) is 8.43. The van der Waals surface area contributed by atoms with Gasteiger partial charge in [-0.1, -0.05) is 93.2 Å². The molecule has 2 aromatic rings. The first-order chi connectivity index (χ1) is 11.3. The molecule has 0 aliphatic carbocycles. The predicted octanol–water partition coefficient (Wildman–Crippen LogP) is 6.35. The third-order valence-electron chi connectivity index (χ3n) is 3.33. The van der Waals surface area contributed by atoms with E-state index < -0.39 is 16.0 Å². The van der Waals surface area contributed by atoms with Gasteiger partial charge in [-0.15, -0.1) is 0 Å². The molecular weight excluding hydrogens is 436 g/mol. The average molecular weight is 452 g/mol. The molecule has 0 fully saturated rings. The highest BCUT2D eigenvalue weighted by Gasteiger charge is 2.37. The van der Waals surface area contributed by atoms with Gasteiger partial charge in [-0.05, 0) is 30.2 Å². The monoisotopic (exact) mass is 449 g/mol. The number of amides is 1. The second-order valence-electron chi connectivity index (χ2n) is 5.16. The van der Waals surface area contributed by atoms with Crippen molar-refractivity contribution in [1.29, 1.82) is 0 Å².